The Labute approximate surface area is 532 Å². The molecule has 0 aliphatic carbocycles. The van der Waals surface area contributed by atoms with E-state index in [1.165, 1.54) is 49.8 Å². The predicted octanol–water partition coefficient (Wildman–Crippen LogP) is 24.3. The first kappa shape index (κ1) is 64.7. The van der Waals surface area contributed by atoms with Crippen LogP contribution in [0, 0.1) is 6.92 Å². The molecule has 0 aliphatic heterocycles. The molecule has 460 valence electrons. The van der Waals surface area contributed by atoms with Crippen molar-refractivity contribution in [2.24, 2.45) is 51.1 Å². The summed E-state index contributed by atoms with van der Waals surface area (Å²) in [6, 6.07) is 68.4. The van der Waals surface area contributed by atoms with Crippen LogP contribution in [-0.2, 0) is 11.2 Å². The van der Waals surface area contributed by atoms with E-state index < -0.39 is 12.1 Å². The first-order valence-electron chi connectivity index (χ1n) is 31.1. The van der Waals surface area contributed by atoms with Gasteiger partial charge in [0.2, 0.25) is 0 Å². The summed E-state index contributed by atoms with van der Waals surface area (Å²) in [5.74, 6) is 0.421. The molecule has 10 aromatic rings. The number of hydrogen-bond acceptors (Lipinski definition) is 16. The number of aryl methyl sites for hydroxylation is 2. The van der Waals surface area contributed by atoms with E-state index in [0.717, 1.165) is 87.9 Å². The van der Waals surface area contributed by atoms with E-state index in [0.29, 0.717) is 52.1 Å². The van der Waals surface area contributed by atoms with Crippen molar-refractivity contribution in [1.29, 1.82) is 0 Å². The predicted molar refractivity (Wildman–Crippen MR) is 365 cm³/mol. The van der Waals surface area contributed by atoms with Gasteiger partial charge in [-0.1, -0.05) is 132 Å². The van der Waals surface area contributed by atoms with Crippen molar-refractivity contribution in [1.82, 2.24) is 0 Å². The molecule has 0 saturated carbocycles. The van der Waals surface area contributed by atoms with Gasteiger partial charge in [-0.15, -0.1) is 20.5 Å². The summed E-state index contributed by atoms with van der Waals surface area (Å²) in [5, 5.41) is 48.3. The van der Waals surface area contributed by atoms with Gasteiger partial charge in [0.25, 0.3) is 0 Å². The maximum Gasteiger partial charge on any atom is 0.513 e. The molecule has 0 heterocycles. The molecular formula is C75H75N11O5. The van der Waals surface area contributed by atoms with Gasteiger partial charge in [-0.25, -0.2) is 9.59 Å². The second kappa shape index (κ2) is 34.1. The smallest absolute Gasteiger partial charge is 0.434 e. The Morgan fingerprint density at radius 3 is 1.11 bits per heavy atom. The van der Waals surface area contributed by atoms with Crippen LogP contribution in [0.25, 0.3) is 21.5 Å². The molecule has 10 rings (SSSR count). The third kappa shape index (κ3) is 19.6. The fourth-order valence-electron chi connectivity index (χ4n) is 9.38. The fourth-order valence-corrected chi connectivity index (χ4v) is 9.38. The lowest BCUT2D eigenvalue weighted by molar-refractivity contribution is 0.0734. The highest BCUT2D eigenvalue weighted by molar-refractivity contribution is 6.00. The first-order valence-corrected chi connectivity index (χ1v) is 31.1. The lowest BCUT2D eigenvalue weighted by Crippen LogP contribution is -2.25. The van der Waals surface area contributed by atoms with Crippen LogP contribution in [0.15, 0.2) is 270 Å². The monoisotopic (exact) mass is 1210 g/mol. The summed E-state index contributed by atoms with van der Waals surface area (Å²) in [7, 11) is 0. The average molecular weight is 1210 g/mol. The standard InChI is InChI=1S/C41H45N7O3.C34H30N4O2/c1-4-7-28-48(29-8-5-2)35-22-18-33(19-23-35)43-42-31-14-16-32(17-15-31)44-46-39-26-27-40(38-13-11-10-12-37(38)39)47-45-34-20-24-36(25-21-34)51-41(49)50-30-9-6-3;1-3-4-7-25-12-16-27(17-13-25)35-37-32-22-23-33(31-9-6-5-8-30(31)32)38-36-28-18-20-29(21-19-28)40-34(39)26-14-10-24(2)11-15-26/h10-27H,4-9,28-30H2,1-3H3;5-6,8-23H,3-4,7H2,1-2H3. The number of carbonyl (C=O) groups excluding carboxylic acids is 2. The van der Waals surface area contributed by atoms with Gasteiger partial charge < -0.3 is 19.1 Å². The van der Waals surface area contributed by atoms with Crippen LogP contribution in [-0.4, -0.2) is 31.8 Å². The number of azo groups is 5. The lowest BCUT2D eigenvalue weighted by Gasteiger charge is -2.24. The van der Waals surface area contributed by atoms with Crippen molar-refractivity contribution in [2.45, 2.75) is 92.4 Å². The van der Waals surface area contributed by atoms with Gasteiger partial charge in [-0.2, -0.15) is 30.7 Å². The minimum absolute atomic E-state index is 0.338. The minimum atomic E-state index is -0.718. The van der Waals surface area contributed by atoms with E-state index in [1.54, 1.807) is 60.7 Å². The topological polar surface area (TPSA) is 189 Å². The van der Waals surface area contributed by atoms with Gasteiger partial charge >= 0.3 is 12.1 Å². The second-order valence-corrected chi connectivity index (χ2v) is 21.6. The van der Waals surface area contributed by atoms with Crippen LogP contribution in [0.3, 0.4) is 0 Å². The molecule has 10 aromatic carbocycles. The molecule has 0 fully saturated rings. The zero-order valence-electron chi connectivity index (χ0n) is 52.2. The summed E-state index contributed by atoms with van der Waals surface area (Å²) in [6.07, 6.45) is 9.21. The van der Waals surface area contributed by atoms with Crippen molar-refractivity contribution >= 4 is 96.2 Å². The van der Waals surface area contributed by atoms with Crippen LogP contribution >= 0.6 is 0 Å². The van der Waals surface area contributed by atoms with Gasteiger partial charge in [0, 0.05) is 40.3 Å². The second-order valence-electron chi connectivity index (χ2n) is 21.6. The average Bonchev–Trinajstić information content (AvgIpc) is 1.01. The van der Waals surface area contributed by atoms with Crippen LogP contribution in [0.2, 0.25) is 0 Å². The maximum absolute atomic E-state index is 12.4. The molecule has 0 saturated heterocycles. The van der Waals surface area contributed by atoms with Crippen molar-refractivity contribution in [3.63, 3.8) is 0 Å². The molecule has 16 nitrogen and oxygen atoms in total. The molecule has 0 aliphatic rings. The third-order valence-corrected chi connectivity index (χ3v) is 14.6. The SMILES string of the molecule is CCCCOC(=O)Oc1ccc(N=Nc2ccc(N=Nc3ccc(N=Nc4ccc(N(CCCC)CCCC)cc4)cc3)c3ccccc23)cc1.CCCCc1ccc(N=Nc2ccc(N=Nc3ccc(OC(=O)c4ccc(C)cc4)cc3)c3ccccc23)cc1. The highest BCUT2D eigenvalue weighted by atomic mass is 16.7. The van der Waals surface area contributed by atoms with E-state index in [4.69, 9.17) is 14.2 Å². The van der Waals surface area contributed by atoms with Gasteiger partial charge in [0.15, 0.2) is 0 Å². The molecule has 0 spiro atoms. The zero-order valence-corrected chi connectivity index (χ0v) is 52.2. The Bertz CT molecular complexity index is 4110. The molecule has 0 radical (unpaired) electrons. The van der Waals surface area contributed by atoms with Gasteiger partial charge in [-0.05, 0) is 190 Å². The number of ether oxygens (including phenoxy) is 3. The summed E-state index contributed by atoms with van der Waals surface area (Å²) in [6.45, 7) is 13.1. The molecule has 16 heteroatoms. The van der Waals surface area contributed by atoms with Crippen molar-refractivity contribution in [3.05, 3.63) is 235 Å². The van der Waals surface area contributed by atoms with Crippen LogP contribution in [0.5, 0.6) is 11.5 Å². The lowest BCUT2D eigenvalue weighted by atomic mass is 10.1. The number of nitrogens with zero attached hydrogens (tertiary/aromatic N) is 11. The highest BCUT2D eigenvalue weighted by Crippen LogP contribution is 2.38. The Kier molecular flexibility index (Phi) is 24.3. The number of carbonyl (C=O) groups is 2. The van der Waals surface area contributed by atoms with Gasteiger partial charge in [0.1, 0.15) is 11.5 Å². The highest BCUT2D eigenvalue weighted by Gasteiger charge is 2.12. The zero-order chi connectivity index (χ0) is 63.4. The quantitative estimate of drug-likeness (QED) is 0.0170. The Morgan fingerprint density at radius 2 is 0.714 bits per heavy atom. The number of unbranched alkanes of at least 4 members (excludes halogenated alkanes) is 4. The van der Waals surface area contributed by atoms with Crippen molar-refractivity contribution < 1.29 is 23.8 Å². The fraction of sp³-hybridized carbons (Fsp3) is 0.227. The number of benzene rings is 10. The normalized spacial score (nSPS) is 11.5. The summed E-state index contributed by atoms with van der Waals surface area (Å²) < 4.78 is 15.7. The third-order valence-electron chi connectivity index (χ3n) is 14.6. The summed E-state index contributed by atoms with van der Waals surface area (Å²) in [4.78, 5) is 26.6. The molecule has 0 bridgehead atoms. The first-order chi connectivity index (χ1) is 44.6. The molecule has 0 unspecified atom stereocenters. The molecule has 0 atom stereocenters. The molecular weight excluding hydrogens is 1130 g/mol. The Balaban J connectivity index is 0.000000222. The van der Waals surface area contributed by atoms with E-state index >= 15 is 0 Å². The summed E-state index contributed by atoms with van der Waals surface area (Å²) >= 11 is 0. The Hall–Kier alpha value is -10.7. The van der Waals surface area contributed by atoms with Crippen molar-refractivity contribution in [2.75, 3.05) is 24.6 Å². The molecule has 0 amide bonds. The number of rotatable bonds is 26. The largest absolute Gasteiger partial charge is 0.513 e. The molecule has 0 N–H and O–H groups in total. The van der Waals surface area contributed by atoms with Crippen LogP contribution in [0.4, 0.5) is 67.4 Å². The number of fused-ring (bicyclic) bond motifs is 2. The molecule has 91 heavy (non-hydrogen) atoms. The van der Waals surface area contributed by atoms with E-state index in [-0.39, 0.29) is 0 Å². The van der Waals surface area contributed by atoms with E-state index in [1.807, 2.05) is 147 Å². The van der Waals surface area contributed by atoms with Gasteiger partial charge in [-0.3, -0.25) is 0 Å². The number of esters is 1. The number of hydrogen-bond donors (Lipinski definition) is 0. The van der Waals surface area contributed by atoms with Crippen LogP contribution in [0.1, 0.15) is 101 Å². The van der Waals surface area contributed by atoms with Gasteiger partial charge in [0.05, 0.1) is 69.0 Å². The van der Waals surface area contributed by atoms with E-state index in [9.17, 15) is 9.59 Å². The van der Waals surface area contributed by atoms with Crippen molar-refractivity contribution in [3.8, 4) is 11.5 Å². The Morgan fingerprint density at radius 1 is 0.363 bits per heavy atom. The minimum Gasteiger partial charge on any atom is -0.434 e. The maximum atomic E-state index is 12.4. The molecule has 0 aromatic heterocycles. The van der Waals surface area contributed by atoms with E-state index in [2.05, 4.69) is 101 Å². The summed E-state index contributed by atoms with van der Waals surface area (Å²) in [5.41, 5.74) is 11.4. The van der Waals surface area contributed by atoms with Crippen LogP contribution < -0.4 is 14.4 Å². The number of anilines is 1.